The summed E-state index contributed by atoms with van der Waals surface area (Å²) in [4.78, 5) is 53.3. The van der Waals surface area contributed by atoms with Gasteiger partial charge in [0.05, 0.1) is 17.6 Å². The summed E-state index contributed by atoms with van der Waals surface area (Å²) in [7, 11) is 0. The molecule has 0 radical (unpaired) electrons. The van der Waals surface area contributed by atoms with Crippen molar-refractivity contribution in [3.05, 3.63) is 58.9 Å². The quantitative estimate of drug-likeness (QED) is 0.544. The number of anilines is 1. The van der Waals surface area contributed by atoms with Gasteiger partial charge in [-0.2, -0.15) is 13.2 Å². The zero-order valence-electron chi connectivity index (χ0n) is 18.0. The molecule has 4 amide bonds. The van der Waals surface area contributed by atoms with Crippen molar-refractivity contribution < 1.29 is 42.2 Å². The Labute approximate surface area is 196 Å². The zero-order valence-corrected chi connectivity index (χ0v) is 18.0. The Bertz CT molecular complexity index is 1180. The number of pyridine rings is 1. The number of aliphatic hydroxyl groups excluding tert-OH is 1. The molecule has 10 nitrogen and oxygen atoms in total. The molecule has 184 valence electrons. The molecule has 2 aliphatic rings. The average molecular weight is 492 g/mol. The fourth-order valence-corrected chi connectivity index (χ4v) is 3.80. The van der Waals surface area contributed by atoms with E-state index in [2.05, 4.69) is 15.6 Å². The summed E-state index contributed by atoms with van der Waals surface area (Å²) in [6, 6.07) is 6.21. The number of benzene rings is 1. The van der Waals surface area contributed by atoms with E-state index in [9.17, 15) is 37.5 Å². The summed E-state index contributed by atoms with van der Waals surface area (Å²) in [5.41, 5.74) is 0.987. The van der Waals surface area contributed by atoms with E-state index in [1.165, 1.54) is 4.90 Å². The van der Waals surface area contributed by atoms with E-state index in [-0.39, 0.29) is 43.5 Å². The molecule has 1 aromatic carbocycles. The van der Waals surface area contributed by atoms with E-state index in [0.717, 1.165) is 18.3 Å². The Hall–Kier alpha value is -4.00. The van der Waals surface area contributed by atoms with E-state index in [1.54, 1.807) is 18.2 Å². The highest BCUT2D eigenvalue weighted by molar-refractivity contribution is 6.05. The molecular weight excluding hydrogens is 473 g/mol. The summed E-state index contributed by atoms with van der Waals surface area (Å²) >= 11 is 0. The summed E-state index contributed by atoms with van der Waals surface area (Å²) in [5, 5.41) is 13.7. The van der Waals surface area contributed by atoms with Gasteiger partial charge in [0, 0.05) is 18.5 Å². The molecule has 2 aromatic rings. The van der Waals surface area contributed by atoms with Crippen molar-refractivity contribution in [3.8, 4) is 0 Å². The molecule has 0 saturated carbocycles. The molecule has 0 spiro atoms. The van der Waals surface area contributed by atoms with Crippen LogP contribution in [0.15, 0.2) is 36.5 Å². The van der Waals surface area contributed by atoms with Crippen LogP contribution in [0.4, 0.5) is 23.7 Å². The summed E-state index contributed by atoms with van der Waals surface area (Å²) in [5.74, 6) is -1.26. The third-order valence-electron chi connectivity index (χ3n) is 5.59. The van der Waals surface area contributed by atoms with Crippen LogP contribution < -0.4 is 10.6 Å². The number of imide groups is 1. The van der Waals surface area contributed by atoms with Crippen LogP contribution in [0, 0.1) is 0 Å². The number of carbonyl (C=O) groups is 4. The third-order valence-corrected chi connectivity index (χ3v) is 5.59. The van der Waals surface area contributed by atoms with Crippen molar-refractivity contribution in [1.82, 2.24) is 15.2 Å². The fraction of sp³-hybridized carbons (Fsp3) is 0.318. The first kappa shape index (κ1) is 24.1. The van der Waals surface area contributed by atoms with Gasteiger partial charge in [-0.3, -0.25) is 30.0 Å². The lowest BCUT2D eigenvalue weighted by Crippen LogP contribution is -2.52. The van der Waals surface area contributed by atoms with E-state index in [4.69, 9.17) is 4.74 Å². The van der Waals surface area contributed by atoms with E-state index in [1.807, 2.05) is 0 Å². The van der Waals surface area contributed by atoms with Crippen molar-refractivity contribution >= 4 is 29.5 Å². The Morgan fingerprint density at radius 1 is 1.26 bits per heavy atom. The summed E-state index contributed by atoms with van der Waals surface area (Å²) in [6.07, 6.45) is -7.18. The van der Waals surface area contributed by atoms with Gasteiger partial charge in [-0.05, 0) is 35.7 Å². The molecule has 0 bridgehead atoms. The van der Waals surface area contributed by atoms with Crippen molar-refractivity contribution in [2.24, 2.45) is 0 Å². The second kappa shape index (κ2) is 9.33. The second-order valence-electron chi connectivity index (χ2n) is 8.01. The maximum atomic E-state index is 12.8. The molecule has 2 aliphatic heterocycles. The second-order valence-corrected chi connectivity index (χ2v) is 8.01. The van der Waals surface area contributed by atoms with Crippen LogP contribution in [0.5, 0.6) is 0 Å². The maximum absolute atomic E-state index is 12.8. The monoisotopic (exact) mass is 492 g/mol. The van der Waals surface area contributed by atoms with Crippen molar-refractivity contribution in [2.75, 3.05) is 5.32 Å². The summed E-state index contributed by atoms with van der Waals surface area (Å²) in [6.45, 7) is 0.0111. The molecule has 1 saturated heterocycles. The Balaban J connectivity index is 1.33. The molecule has 1 aromatic heterocycles. The average Bonchev–Trinajstić information content (AvgIpc) is 3.13. The van der Waals surface area contributed by atoms with Crippen molar-refractivity contribution in [1.29, 1.82) is 0 Å². The molecule has 2 unspecified atom stereocenters. The van der Waals surface area contributed by atoms with Crippen LogP contribution in [0.2, 0.25) is 0 Å². The molecule has 0 aliphatic carbocycles. The number of amides is 4. The normalized spacial score (nSPS) is 18.7. The first-order valence-corrected chi connectivity index (χ1v) is 10.4. The standard InChI is InChI=1S/C22H19F3N4O6/c23-22(24,25)18(31)15-4-3-13(8-26-15)27-21(34)35-10-11-1-2-12-9-29(20(33)14(12)7-11)16-5-6-17(30)28-19(16)32/h1-4,7-8,16,18,31H,5-6,9-10H2,(H,27,34)(H,28,30,32). The van der Waals surface area contributed by atoms with Crippen LogP contribution in [-0.2, 0) is 27.5 Å². The molecule has 13 heteroatoms. The minimum Gasteiger partial charge on any atom is -0.444 e. The van der Waals surface area contributed by atoms with Gasteiger partial charge in [0.2, 0.25) is 11.8 Å². The number of nitrogens with one attached hydrogen (secondary N) is 2. The molecule has 1 fully saturated rings. The zero-order chi connectivity index (χ0) is 25.3. The van der Waals surface area contributed by atoms with Crippen LogP contribution in [-0.4, -0.2) is 51.0 Å². The van der Waals surface area contributed by atoms with Gasteiger partial charge in [-0.1, -0.05) is 12.1 Å². The Morgan fingerprint density at radius 3 is 2.69 bits per heavy atom. The molecule has 3 heterocycles. The minimum atomic E-state index is -4.86. The van der Waals surface area contributed by atoms with Crippen molar-refractivity contribution in [3.63, 3.8) is 0 Å². The van der Waals surface area contributed by atoms with E-state index in [0.29, 0.717) is 16.7 Å². The van der Waals surface area contributed by atoms with E-state index < -0.39 is 36.0 Å². The first-order chi connectivity index (χ1) is 16.5. The Morgan fingerprint density at radius 2 is 2.03 bits per heavy atom. The first-order valence-electron chi connectivity index (χ1n) is 10.4. The largest absolute Gasteiger partial charge is 0.444 e. The summed E-state index contributed by atoms with van der Waals surface area (Å²) < 4.78 is 42.7. The van der Waals surface area contributed by atoms with Gasteiger partial charge in [0.15, 0.2) is 6.10 Å². The predicted molar refractivity (Wildman–Crippen MR) is 112 cm³/mol. The molecule has 3 N–H and O–H groups in total. The SMILES string of the molecule is O=C1CCC(N2Cc3ccc(COC(=O)Nc4ccc(C(O)C(F)(F)F)nc4)cc3C2=O)C(=O)N1. The Kier molecular flexibility index (Phi) is 6.43. The van der Waals surface area contributed by atoms with Gasteiger partial charge in [-0.15, -0.1) is 0 Å². The highest BCUT2D eigenvalue weighted by atomic mass is 19.4. The van der Waals surface area contributed by atoms with Gasteiger partial charge < -0.3 is 14.7 Å². The number of piperidine rings is 1. The predicted octanol–water partition coefficient (Wildman–Crippen LogP) is 2.19. The molecule has 4 rings (SSSR count). The molecular formula is C22H19F3N4O6. The van der Waals surface area contributed by atoms with Crippen LogP contribution in [0.1, 0.15) is 46.1 Å². The highest BCUT2D eigenvalue weighted by Crippen LogP contribution is 2.31. The van der Waals surface area contributed by atoms with Gasteiger partial charge in [0.1, 0.15) is 12.6 Å². The fourth-order valence-electron chi connectivity index (χ4n) is 3.80. The number of aromatic nitrogens is 1. The smallest absolute Gasteiger partial charge is 0.420 e. The number of aliphatic hydroxyl groups is 1. The number of ether oxygens (including phenoxy) is 1. The number of hydrogen-bond donors (Lipinski definition) is 3. The highest BCUT2D eigenvalue weighted by Gasteiger charge is 2.40. The number of alkyl halides is 3. The van der Waals surface area contributed by atoms with Gasteiger partial charge in [0.25, 0.3) is 5.91 Å². The van der Waals surface area contributed by atoms with Gasteiger partial charge in [-0.25, -0.2) is 4.79 Å². The lowest BCUT2D eigenvalue weighted by molar-refractivity contribution is -0.207. The van der Waals surface area contributed by atoms with E-state index >= 15 is 0 Å². The topological polar surface area (TPSA) is 138 Å². The number of fused-ring (bicyclic) bond motifs is 1. The van der Waals surface area contributed by atoms with Crippen molar-refractivity contribution in [2.45, 2.75) is 44.3 Å². The molecule has 35 heavy (non-hydrogen) atoms. The number of rotatable bonds is 5. The number of nitrogens with zero attached hydrogens (tertiary/aromatic N) is 2. The molecule has 2 atom stereocenters. The maximum Gasteiger partial charge on any atom is 0.420 e. The number of hydrogen-bond acceptors (Lipinski definition) is 7. The van der Waals surface area contributed by atoms with Gasteiger partial charge >= 0.3 is 12.3 Å². The third kappa shape index (κ3) is 5.24. The van der Waals surface area contributed by atoms with Crippen LogP contribution in [0.25, 0.3) is 0 Å². The number of halogens is 3. The minimum absolute atomic E-state index is 0.0529. The van der Waals surface area contributed by atoms with Crippen LogP contribution >= 0.6 is 0 Å². The lowest BCUT2D eigenvalue weighted by Gasteiger charge is -2.29. The number of carbonyl (C=O) groups excluding carboxylic acids is 4. The van der Waals surface area contributed by atoms with Crippen LogP contribution in [0.3, 0.4) is 0 Å². The lowest BCUT2D eigenvalue weighted by atomic mass is 10.0.